The minimum atomic E-state index is -1.05. The molecule has 6 heteroatoms. The molecular weight excluding hydrogens is 256 g/mol. The molecule has 18 heavy (non-hydrogen) atoms. The van der Waals surface area contributed by atoms with Crippen molar-refractivity contribution in [3.05, 3.63) is 22.8 Å². The topological polar surface area (TPSA) is 71.5 Å². The number of halogens is 1. The average molecular weight is 271 g/mol. The number of carboxylic acids is 1. The van der Waals surface area contributed by atoms with E-state index in [1.807, 2.05) is 6.92 Å². The van der Waals surface area contributed by atoms with Crippen molar-refractivity contribution in [2.45, 2.75) is 31.9 Å². The fraction of sp³-hybridized carbons (Fsp3) is 0.500. The third-order valence-electron chi connectivity index (χ3n) is 2.92. The van der Waals surface area contributed by atoms with Crippen molar-refractivity contribution in [1.29, 1.82) is 0 Å². The van der Waals surface area contributed by atoms with Crippen LogP contribution in [0.1, 0.15) is 30.1 Å². The first-order chi connectivity index (χ1) is 8.56. The molecule has 1 aliphatic heterocycles. The lowest BCUT2D eigenvalue weighted by Gasteiger charge is -2.28. The van der Waals surface area contributed by atoms with E-state index in [4.69, 9.17) is 21.4 Å². The van der Waals surface area contributed by atoms with E-state index in [0.29, 0.717) is 12.4 Å². The van der Waals surface area contributed by atoms with Gasteiger partial charge in [-0.05, 0) is 25.8 Å². The van der Waals surface area contributed by atoms with Gasteiger partial charge in [0.1, 0.15) is 5.82 Å². The van der Waals surface area contributed by atoms with E-state index in [2.05, 4.69) is 10.3 Å². The SMILES string of the molecule is CC1CC(Nc2cc(C(=O)O)c(Cl)cn2)CCO1. The summed E-state index contributed by atoms with van der Waals surface area (Å²) in [6, 6.07) is 1.72. The number of aromatic carboxylic acids is 1. The Hall–Kier alpha value is -1.33. The molecule has 0 spiro atoms. The van der Waals surface area contributed by atoms with Gasteiger partial charge in [0.05, 0.1) is 16.7 Å². The standard InChI is InChI=1S/C12H15ClN2O3/c1-7-4-8(2-3-18-7)15-11-5-9(12(16)17)10(13)6-14-11/h5-8H,2-4H2,1H3,(H,14,15)(H,16,17). The Kier molecular flexibility index (Phi) is 4.04. The zero-order valence-electron chi connectivity index (χ0n) is 10.0. The zero-order chi connectivity index (χ0) is 13.1. The summed E-state index contributed by atoms with van der Waals surface area (Å²) in [4.78, 5) is 15.1. The van der Waals surface area contributed by atoms with Gasteiger partial charge in [0.2, 0.25) is 0 Å². The fourth-order valence-electron chi connectivity index (χ4n) is 2.02. The summed E-state index contributed by atoms with van der Waals surface area (Å²) in [5.74, 6) is -0.512. The van der Waals surface area contributed by atoms with Crippen molar-refractivity contribution in [2.75, 3.05) is 11.9 Å². The van der Waals surface area contributed by atoms with Crippen LogP contribution in [0.25, 0.3) is 0 Å². The number of ether oxygens (including phenoxy) is 1. The molecule has 1 saturated heterocycles. The van der Waals surface area contributed by atoms with Gasteiger partial charge in [0, 0.05) is 18.8 Å². The summed E-state index contributed by atoms with van der Waals surface area (Å²) in [7, 11) is 0. The molecule has 0 aromatic carbocycles. The molecule has 0 saturated carbocycles. The second kappa shape index (κ2) is 5.54. The van der Waals surface area contributed by atoms with E-state index in [1.54, 1.807) is 0 Å². The van der Waals surface area contributed by atoms with Crippen LogP contribution in [0.2, 0.25) is 5.02 Å². The number of hydrogen-bond acceptors (Lipinski definition) is 4. The first-order valence-electron chi connectivity index (χ1n) is 5.83. The lowest BCUT2D eigenvalue weighted by Crippen LogP contribution is -2.32. The van der Waals surface area contributed by atoms with E-state index in [0.717, 1.165) is 12.8 Å². The van der Waals surface area contributed by atoms with Gasteiger partial charge in [-0.25, -0.2) is 9.78 Å². The van der Waals surface area contributed by atoms with Gasteiger partial charge in [0.25, 0.3) is 0 Å². The number of aromatic nitrogens is 1. The van der Waals surface area contributed by atoms with E-state index < -0.39 is 5.97 Å². The number of carbonyl (C=O) groups is 1. The molecule has 98 valence electrons. The zero-order valence-corrected chi connectivity index (χ0v) is 10.8. The lowest BCUT2D eigenvalue weighted by molar-refractivity contribution is 0.0231. The van der Waals surface area contributed by atoms with Gasteiger partial charge in [-0.1, -0.05) is 11.6 Å². The summed E-state index contributed by atoms with van der Waals surface area (Å²) in [5, 5.41) is 12.3. The summed E-state index contributed by atoms with van der Waals surface area (Å²) >= 11 is 5.77. The van der Waals surface area contributed by atoms with Crippen LogP contribution in [-0.2, 0) is 4.74 Å². The number of pyridine rings is 1. The van der Waals surface area contributed by atoms with Crippen molar-refractivity contribution < 1.29 is 14.6 Å². The second-order valence-electron chi connectivity index (χ2n) is 4.40. The Morgan fingerprint density at radius 3 is 3.11 bits per heavy atom. The number of nitrogens with one attached hydrogen (secondary N) is 1. The van der Waals surface area contributed by atoms with Crippen LogP contribution in [0.3, 0.4) is 0 Å². The largest absolute Gasteiger partial charge is 0.478 e. The van der Waals surface area contributed by atoms with Crippen molar-refractivity contribution >= 4 is 23.4 Å². The van der Waals surface area contributed by atoms with Crippen LogP contribution in [0.15, 0.2) is 12.3 Å². The third kappa shape index (κ3) is 3.11. The maximum atomic E-state index is 11.0. The van der Waals surface area contributed by atoms with Gasteiger partial charge in [-0.3, -0.25) is 0 Å². The maximum Gasteiger partial charge on any atom is 0.337 e. The molecule has 0 bridgehead atoms. The Morgan fingerprint density at radius 1 is 1.67 bits per heavy atom. The molecule has 2 heterocycles. The van der Waals surface area contributed by atoms with E-state index in [-0.39, 0.29) is 22.7 Å². The molecule has 1 aromatic rings. The van der Waals surface area contributed by atoms with Crippen LogP contribution in [0.5, 0.6) is 0 Å². The normalized spacial score (nSPS) is 23.7. The molecular formula is C12H15ClN2O3. The van der Waals surface area contributed by atoms with Gasteiger partial charge < -0.3 is 15.2 Å². The molecule has 5 nitrogen and oxygen atoms in total. The molecule has 2 rings (SSSR count). The molecule has 0 amide bonds. The fourth-order valence-corrected chi connectivity index (χ4v) is 2.20. The summed E-state index contributed by atoms with van der Waals surface area (Å²) < 4.78 is 5.45. The first-order valence-corrected chi connectivity index (χ1v) is 6.21. The van der Waals surface area contributed by atoms with E-state index in [1.165, 1.54) is 12.3 Å². The number of anilines is 1. The highest BCUT2D eigenvalue weighted by atomic mass is 35.5. The van der Waals surface area contributed by atoms with E-state index >= 15 is 0 Å². The monoisotopic (exact) mass is 270 g/mol. The van der Waals surface area contributed by atoms with Crippen molar-refractivity contribution in [3.63, 3.8) is 0 Å². The third-order valence-corrected chi connectivity index (χ3v) is 3.22. The summed E-state index contributed by atoms with van der Waals surface area (Å²) in [6.45, 7) is 2.73. The Labute approximate surface area is 110 Å². The summed E-state index contributed by atoms with van der Waals surface area (Å²) in [6.07, 6.45) is 3.34. The Morgan fingerprint density at radius 2 is 2.44 bits per heavy atom. The quantitative estimate of drug-likeness (QED) is 0.883. The molecule has 1 fully saturated rings. The smallest absolute Gasteiger partial charge is 0.337 e. The number of rotatable bonds is 3. The Balaban J connectivity index is 2.09. The molecule has 2 N–H and O–H groups in total. The highest BCUT2D eigenvalue weighted by Crippen LogP contribution is 2.21. The summed E-state index contributed by atoms with van der Waals surface area (Å²) in [5.41, 5.74) is 0.0641. The predicted octanol–water partition coefficient (Wildman–Crippen LogP) is 2.41. The molecule has 0 aliphatic carbocycles. The second-order valence-corrected chi connectivity index (χ2v) is 4.81. The van der Waals surface area contributed by atoms with Crippen molar-refractivity contribution in [1.82, 2.24) is 4.98 Å². The van der Waals surface area contributed by atoms with Gasteiger partial charge in [0.15, 0.2) is 0 Å². The number of nitrogens with zero attached hydrogens (tertiary/aromatic N) is 1. The molecule has 0 radical (unpaired) electrons. The van der Waals surface area contributed by atoms with Crippen LogP contribution >= 0.6 is 11.6 Å². The molecule has 2 atom stereocenters. The molecule has 2 unspecified atom stereocenters. The lowest BCUT2D eigenvalue weighted by atomic mass is 10.0. The average Bonchev–Trinajstić information content (AvgIpc) is 2.31. The van der Waals surface area contributed by atoms with Crippen LogP contribution in [-0.4, -0.2) is 34.8 Å². The van der Waals surface area contributed by atoms with Crippen LogP contribution < -0.4 is 5.32 Å². The Bertz CT molecular complexity index is 453. The molecule has 1 aliphatic rings. The van der Waals surface area contributed by atoms with Gasteiger partial charge in [-0.2, -0.15) is 0 Å². The van der Waals surface area contributed by atoms with Crippen molar-refractivity contribution in [3.8, 4) is 0 Å². The highest BCUT2D eigenvalue weighted by molar-refractivity contribution is 6.33. The van der Waals surface area contributed by atoms with Gasteiger partial charge in [-0.15, -0.1) is 0 Å². The minimum absolute atomic E-state index is 0.0641. The molecule has 1 aromatic heterocycles. The van der Waals surface area contributed by atoms with Crippen LogP contribution in [0, 0.1) is 0 Å². The number of hydrogen-bond donors (Lipinski definition) is 2. The van der Waals surface area contributed by atoms with E-state index in [9.17, 15) is 4.79 Å². The predicted molar refractivity (Wildman–Crippen MR) is 68.3 cm³/mol. The number of carboxylic acid groups (broad SMARTS) is 1. The first kappa shape index (κ1) is 13.1. The maximum absolute atomic E-state index is 11.0. The van der Waals surface area contributed by atoms with Crippen LogP contribution in [0.4, 0.5) is 5.82 Å². The van der Waals surface area contributed by atoms with Gasteiger partial charge >= 0.3 is 5.97 Å². The van der Waals surface area contributed by atoms with Crippen molar-refractivity contribution in [2.24, 2.45) is 0 Å². The minimum Gasteiger partial charge on any atom is -0.478 e. The highest BCUT2D eigenvalue weighted by Gasteiger charge is 2.20.